The molecule has 0 radical (unpaired) electrons. The van der Waals surface area contributed by atoms with Crippen LogP contribution in [0.5, 0.6) is 0 Å². The second-order valence-corrected chi connectivity index (χ2v) is 5.74. The Balaban J connectivity index is 0.00000264. The Bertz CT molecular complexity index is 486. The molecule has 0 amide bonds. The Morgan fingerprint density at radius 1 is 1.22 bits per heavy atom. The molecule has 1 aliphatic heterocycles. The van der Waals surface area contributed by atoms with Crippen molar-refractivity contribution in [3.8, 4) is 0 Å². The molecular formula is C18H31IN4. The maximum absolute atomic E-state index is 4.46. The maximum atomic E-state index is 4.46. The summed E-state index contributed by atoms with van der Waals surface area (Å²) in [5, 5.41) is 3.52. The van der Waals surface area contributed by atoms with Gasteiger partial charge in [-0.2, -0.15) is 0 Å². The van der Waals surface area contributed by atoms with Crippen molar-refractivity contribution in [2.75, 3.05) is 44.7 Å². The van der Waals surface area contributed by atoms with E-state index in [0.29, 0.717) is 0 Å². The Hall–Kier alpha value is -0.820. The van der Waals surface area contributed by atoms with Crippen LogP contribution in [-0.2, 0) is 6.42 Å². The van der Waals surface area contributed by atoms with Gasteiger partial charge in [-0.15, -0.1) is 24.0 Å². The first kappa shape index (κ1) is 20.2. The number of guanidine groups is 1. The Labute approximate surface area is 158 Å². The van der Waals surface area contributed by atoms with E-state index in [1.54, 1.807) is 0 Å². The highest BCUT2D eigenvalue weighted by Crippen LogP contribution is 2.27. The molecule has 5 heteroatoms. The fraction of sp³-hybridized carbons (Fsp3) is 0.611. The molecule has 1 N–H and O–H groups in total. The van der Waals surface area contributed by atoms with Gasteiger partial charge in [-0.25, -0.2) is 0 Å². The number of fused-ring (bicyclic) bond motifs is 1. The minimum absolute atomic E-state index is 0. The summed E-state index contributed by atoms with van der Waals surface area (Å²) < 4.78 is 0. The molecule has 0 fully saturated rings. The number of anilines is 1. The number of aliphatic imine (C=N–C) groups is 1. The van der Waals surface area contributed by atoms with E-state index < -0.39 is 0 Å². The number of unbranched alkanes of at least 4 members (excludes halogenated alkanes) is 1. The van der Waals surface area contributed by atoms with Crippen LogP contribution in [0.3, 0.4) is 0 Å². The van der Waals surface area contributed by atoms with Crippen molar-refractivity contribution in [3.05, 3.63) is 29.8 Å². The van der Waals surface area contributed by atoms with Crippen LogP contribution < -0.4 is 10.2 Å². The van der Waals surface area contributed by atoms with Gasteiger partial charge in [0.1, 0.15) is 0 Å². The molecule has 1 aromatic carbocycles. The molecule has 23 heavy (non-hydrogen) atoms. The van der Waals surface area contributed by atoms with E-state index in [9.17, 15) is 0 Å². The van der Waals surface area contributed by atoms with Gasteiger partial charge in [0.15, 0.2) is 5.96 Å². The minimum atomic E-state index is 0. The molecule has 1 aromatic rings. The summed E-state index contributed by atoms with van der Waals surface area (Å²) in [6.07, 6.45) is 3.53. The molecular weight excluding hydrogens is 399 g/mol. The molecule has 130 valence electrons. The molecule has 0 bridgehead atoms. The van der Waals surface area contributed by atoms with E-state index in [1.165, 1.54) is 30.6 Å². The van der Waals surface area contributed by atoms with Gasteiger partial charge in [-0.3, -0.25) is 4.99 Å². The second kappa shape index (κ2) is 10.9. The van der Waals surface area contributed by atoms with Crippen LogP contribution in [-0.4, -0.2) is 50.6 Å². The van der Waals surface area contributed by atoms with Gasteiger partial charge in [-0.05, 0) is 50.5 Å². The van der Waals surface area contributed by atoms with Gasteiger partial charge >= 0.3 is 0 Å². The van der Waals surface area contributed by atoms with Crippen LogP contribution in [0.25, 0.3) is 0 Å². The third kappa shape index (κ3) is 5.64. The van der Waals surface area contributed by atoms with Crippen LogP contribution in [0.1, 0.15) is 32.3 Å². The molecule has 2 rings (SSSR count). The van der Waals surface area contributed by atoms with Gasteiger partial charge in [-0.1, -0.05) is 32.0 Å². The van der Waals surface area contributed by atoms with Crippen molar-refractivity contribution in [3.63, 3.8) is 0 Å². The Morgan fingerprint density at radius 2 is 1.96 bits per heavy atom. The standard InChI is InChI=1S/C18H30N4.HI/c1-4-21(5-2)14-9-8-13-20-18(19-3)22-15-12-16-10-6-7-11-17(16)22;/h6-7,10-11H,4-5,8-9,12-15H2,1-3H3,(H,19,20);1H. The lowest BCUT2D eigenvalue weighted by Gasteiger charge is -2.22. The zero-order chi connectivity index (χ0) is 15.8. The first-order chi connectivity index (χ1) is 10.8. The fourth-order valence-electron chi connectivity index (χ4n) is 3.05. The minimum Gasteiger partial charge on any atom is -0.356 e. The molecule has 1 heterocycles. The number of rotatable bonds is 7. The zero-order valence-corrected chi connectivity index (χ0v) is 17.0. The van der Waals surface area contributed by atoms with E-state index in [0.717, 1.165) is 38.6 Å². The molecule has 1 aliphatic rings. The highest BCUT2D eigenvalue weighted by Gasteiger charge is 2.21. The number of hydrogen-bond donors (Lipinski definition) is 1. The van der Waals surface area contributed by atoms with Gasteiger partial charge in [0.2, 0.25) is 0 Å². The quantitative estimate of drug-likeness (QED) is 0.312. The van der Waals surface area contributed by atoms with Crippen LogP contribution in [0.15, 0.2) is 29.3 Å². The molecule has 0 saturated heterocycles. The van der Waals surface area contributed by atoms with E-state index in [-0.39, 0.29) is 24.0 Å². The van der Waals surface area contributed by atoms with Crippen molar-refractivity contribution in [2.45, 2.75) is 33.1 Å². The lowest BCUT2D eigenvalue weighted by molar-refractivity contribution is 0.297. The monoisotopic (exact) mass is 430 g/mol. The van der Waals surface area contributed by atoms with Crippen LogP contribution >= 0.6 is 24.0 Å². The van der Waals surface area contributed by atoms with E-state index in [4.69, 9.17) is 0 Å². The zero-order valence-electron chi connectivity index (χ0n) is 14.7. The number of nitrogens with one attached hydrogen (secondary N) is 1. The summed E-state index contributed by atoms with van der Waals surface area (Å²) in [5.41, 5.74) is 2.73. The molecule has 0 spiro atoms. The highest BCUT2D eigenvalue weighted by atomic mass is 127. The first-order valence-electron chi connectivity index (χ1n) is 8.58. The summed E-state index contributed by atoms with van der Waals surface area (Å²) in [6.45, 7) is 9.97. The second-order valence-electron chi connectivity index (χ2n) is 5.74. The van der Waals surface area contributed by atoms with Gasteiger partial charge < -0.3 is 15.1 Å². The van der Waals surface area contributed by atoms with Crippen molar-refractivity contribution < 1.29 is 0 Å². The van der Waals surface area contributed by atoms with Gasteiger partial charge in [0, 0.05) is 25.8 Å². The average molecular weight is 430 g/mol. The largest absolute Gasteiger partial charge is 0.356 e. The predicted octanol–water partition coefficient (Wildman–Crippen LogP) is 3.36. The third-order valence-corrected chi connectivity index (χ3v) is 4.43. The molecule has 0 atom stereocenters. The van der Waals surface area contributed by atoms with Crippen LogP contribution in [0, 0.1) is 0 Å². The first-order valence-corrected chi connectivity index (χ1v) is 8.58. The topological polar surface area (TPSA) is 30.9 Å². The number of para-hydroxylation sites is 1. The average Bonchev–Trinajstić information content (AvgIpc) is 2.98. The lowest BCUT2D eigenvalue weighted by Crippen LogP contribution is -2.41. The lowest BCUT2D eigenvalue weighted by atomic mass is 10.2. The maximum Gasteiger partial charge on any atom is 0.198 e. The third-order valence-electron chi connectivity index (χ3n) is 4.43. The molecule has 0 unspecified atom stereocenters. The fourth-order valence-corrected chi connectivity index (χ4v) is 3.05. The Kier molecular flexibility index (Phi) is 9.55. The molecule has 4 nitrogen and oxygen atoms in total. The van der Waals surface area contributed by atoms with Crippen molar-refractivity contribution in [2.24, 2.45) is 4.99 Å². The number of hydrogen-bond acceptors (Lipinski definition) is 2. The van der Waals surface area contributed by atoms with Gasteiger partial charge in [0.25, 0.3) is 0 Å². The molecule has 0 saturated carbocycles. The Morgan fingerprint density at radius 3 is 2.65 bits per heavy atom. The normalized spacial score (nSPS) is 13.9. The summed E-state index contributed by atoms with van der Waals surface area (Å²) >= 11 is 0. The number of benzene rings is 1. The summed E-state index contributed by atoms with van der Waals surface area (Å²) in [4.78, 5) is 9.24. The number of halogens is 1. The van der Waals surface area contributed by atoms with Crippen molar-refractivity contribution in [1.29, 1.82) is 0 Å². The van der Waals surface area contributed by atoms with Crippen molar-refractivity contribution in [1.82, 2.24) is 10.2 Å². The summed E-state index contributed by atoms with van der Waals surface area (Å²) in [7, 11) is 1.87. The van der Waals surface area contributed by atoms with Crippen LogP contribution in [0.2, 0.25) is 0 Å². The summed E-state index contributed by atoms with van der Waals surface area (Å²) in [6, 6.07) is 8.63. The predicted molar refractivity (Wildman–Crippen MR) is 111 cm³/mol. The number of nitrogens with zero attached hydrogens (tertiary/aromatic N) is 3. The van der Waals surface area contributed by atoms with E-state index in [1.807, 2.05) is 7.05 Å². The molecule has 0 aliphatic carbocycles. The smallest absolute Gasteiger partial charge is 0.198 e. The van der Waals surface area contributed by atoms with Crippen LogP contribution in [0.4, 0.5) is 5.69 Å². The summed E-state index contributed by atoms with van der Waals surface area (Å²) in [5.74, 6) is 1.01. The van der Waals surface area contributed by atoms with E-state index >= 15 is 0 Å². The van der Waals surface area contributed by atoms with E-state index in [2.05, 4.69) is 58.2 Å². The van der Waals surface area contributed by atoms with Crippen molar-refractivity contribution >= 4 is 35.6 Å². The molecule has 0 aromatic heterocycles. The SMILES string of the molecule is CCN(CC)CCCCNC(=NC)N1CCc2ccccc21.I. The highest BCUT2D eigenvalue weighted by molar-refractivity contribution is 14.0. The van der Waals surface area contributed by atoms with Gasteiger partial charge in [0.05, 0.1) is 0 Å².